The van der Waals surface area contributed by atoms with Crippen molar-refractivity contribution in [3.63, 3.8) is 0 Å². The first-order valence-corrected chi connectivity index (χ1v) is 36.0. The van der Waals surface area contributed by atoms with Gasteiger partial charge in [-0.25, -0.2) is 45.6 Å². The number of halogens is 8. The zero-order chi connectivity index (χ0) is 59.5. The maximum atomic E-state index is 13.9. The van der Waals surface area contributed by atoms with E-state index in [0.29, 0.717) is 92.3 Å². The Kier molecular flexibility index (Phi) is 27.9. The van der Waals surface area contributed by atoms with Gasteiger partial charge in [0.1, 0.15) is 97.6 Å². The molecule has 0 radical (unpaired) electrons. The van der Waals surface area contributed by atoms with Crippen molar-refractivity contribution in [1.29, 1.82) is 0 Å². The first-order chi connectivity index (χ1) is 39.9. The quantitative estimate of drug-likeness (QED) is 0.0315. The Bertz CT molecular complexity index is 4080. The molecule has 10 aromatic rings. The number of ether oxygens (including phenoxy) is 2. The van der Waals surface area contributed by atoms with Gasteiger partial charge in [-0.3, -0.25) is 4.79 Å². The standard InChI is InChI=1S/C29H26ClFN4O4S.C26H17ClFN3O3.C3H9NO2S.ClH.I2.HI/c1-40(36,37)13-12-32-16-22-8-11-27(39-22)19-6-9-26-23(14-19)29(34-18-33-26)35-21-7-10-28(24(30)15-21)38-17-20-4-2-3-5-25(20)31;27-21-12-18(6-9-25(21)33-14-17-3-1-2-4-22(17)28)31-26-20-11-16(5-8-23(20)29-15-30-26)24-10-7-19(13-32)34-24;1-7(5,6)3-2-4;;1-2;/h2-11,14-15,18,32H,12-13,16-17H2,1H3,(H,33,34,35);1-13,15H,14H2,(H,29,30,31);2-4H2,1H3;1H;;1H. The van der Waals surface area contributed by atoms with Crippen molar-refractivity contribution in [2.24, 2.45) is 5.73 Å². The number of sulfone groups is 2. The van der Waals surface area contributed by atoms with E-state index >= 15 is 0 Å². The molecular weight excluding hydrogens is 1540 g/mol. The Morgan fingerprint density at radius 1 is 0.612 bits per heavy atom. The number of rotatable bonds is 20. The van der Waals surface area contributed by atoms with Crippen LogP contribution in [0.1, 0.15) is 27.4 Å². The third kappa shape index (κ3) is 21.2. The summed E-state index contributed by atoms with van der Waals surface area (Å²) in [5, 5.41) is 11.9. The van der Waals surface area contributed by atoms with Crippen molar-refractivity contribution >= 4 is 168 Å². The Morgan fingerprint density at radius 3 is 1.51 bits per heavy atom. The number of carbonyl (C=O) groups is 1. The number of nitrogens with zero attached hydrogens (tertiary/aromatic N) is 4. The summed E-state index contributed by atoms with van der Waals surface area (Å²) in [4.78, 5) is 28.4. The second-order valence-corrected chi connectivity index (χ2v) is 23.4. The van der Waals surface area contributed by atoms with Crippen molar-refractivity contribution in [2.45, 2.75) is 19.8 Å². The number of nitrogens with one attached hydrogen (secondary N) is 3. The van der Waals surface area contributed by atoms with Crippen LogP contribution in [0.4, 0.5) is 31.8 Å². The third-order valence-electron chi connectivity index (χ3n) is 11.8. The summed E-state index contributed by atoms with van der Waals surface area (Å²) in [5.74, 6) is 3.70. The maximum Gasteiger partial charge on any atom is 0.185 e. The SMILES string of the molecule is CS(=O)(=O)CCN.CS(=O)(=O)CCNCc1ccc(-c2ccc3ncnc(Nc4ccc(OCc5ccccc5F)c(Cl)c4)c3c2)o1.Cl.I.II.O=Cc1ccc(-c2ccc3ncnc(Nc4ccc(OCc5ccccc5F)c(Cl)c4)c3c2)o1. The average molecular weight is 1600 g/mol. The highest BCUT2D eigenvalue weighted by Gasteiger charge is 2.15. The van der Waals surface area contributed by atoms with Crippen LogP contribution in [0.5, 0.6) is 11.5 Å². The van der Waals surface area contributed by atoms with E-state index in [9.17, 15) is 30.4 Å². The van der Waals surface area contributed by atoms with Crippen LogP contribution in [0.15, 0.2) is 167 Å². The number of hydrogen-bond acceptors (Lipinski definition) is 17. The lowest BCUT2D eigenvalue weighted by atomic mass is 10.1. The van der Waals surface area contributed by atoms with E-state index in [0.717, 1.165) is 32.9 Å². The van der Waals surface area contributed by atoms with Crippen LogP contribution in [-0.4, -0.2) is 80.2 Å². The number of aromatic nitrogens is 4. The maximum absolute atomic E-state index is 13.9. The molecule has 0 atom stereocenters. The van der Waals surface area contributed by atoms with E-state index in [-0.39, 0.29) is 85.0 Å². The molecule has 10 rings (SSSR count). The van der Waals surface area contributed by atoms with E-state index in [1.54, 1.807) is 84.9 Å². The van der Waals surface area contributed by atoms with Gasteiger partial charge in [-0.15, -0.1) is 36.4 Å². The lowest BCUT2D eigenvalue weighted by Crippen LogP contribution is -2.21. The predicted octanol–water partition coefficient (Wildman–Crippen LogP) is 14.8. The second-order valence-electron chi connectivity index (χ2n) is 18.0. The van der Waals surface area contributed by atoms with Gasteiger partial charge in [0.2, 0.25) is 0 Å². The lowest BCUT2D eigenvalue weighted by molar-refractivity contribution is 0.110. The molecule has 0 aliphatic heterocycles. The van der Waals surface area contributed by atoms with E-state index < -0.39 is 19.7 Å². The molecule has 0 spiro atoms. The average Bonchev–Trinajstić information content (AvgIpc) is 4.13. The molecular formula is C58H54Cl3F2I3N8O9S2. The highest BCUT2D eigenvalue weighted by atomic mass is 128. The van der Waals surface area contributed by atoms with Gasteiger partial charge >= 0.3 is 0 Å². The predicted molar refractivity (Wildman–Crippen MR) is 362 cm³/mol. The zero-order valence-corrected chi connectivity index (χ0v) is 55.6. The van der Waals surface area contributed by atoms with Crippen molar-refractivity contribution < 1.29 is 48.7 Å². The van der Waals surface area contributed by atoms with Gasteiger partial charge in [-0.1, -0.05) is 59.6 Å². The molecule has 17 nitrogen and oxygen atoms in total. The number of benzene rings is 6. The molecule has 6 aromatic carbocycles. The Morgan fingerprint density at radius 2 is 1.08 bits per heavy atom. The monoisotopic (exact) mass is 1590 g/mol. The topological polar surface area (TPSA) is 244 Å². The number of furan rings is 2. The van der Waals surface area contributed by atoms with Crippen LogP contribution < -0.4 is 31.2 Å². The molecule has 0 aliphatic rings. The third-order valence-corrected chi connectivity index (χ3v) is 14.3. The van der Waals surface area contributed by atoms with Crippen LogP contribution in [0, 0.1) is 11.6 Å². The van der Waals surface area contributed by atoms with Crippen molar-refractivity contribution in [1.82, 2.24) is 25.3 Å². The molecule has 0 saturated heterocycles. The molecule has 0 aliphatic carbocycles. The fraction of sp³-hybridized carbons (Fsp3) is 0.155. The Balaban J connectivity index is 0.000000269. The van der Waals surface area contributed by atoms with E-state index in [1.807, 2.05) is 48.5 Å². The van der Waals surface area contributed by atoms with Crippen LogP contribution >= 0.6 is 96.8 Å². The summed E-state index contributed by atoms with van der Waals surface area (Å²) in [6.07, 6.45) is 5.98. The number of anilines is 4. The van der Waals surface area contributed by atoms with E-state index in [1.165, 1.54) is 37.3 Å². The van der Waals surface area contributed by atoms with Gasteiger partial charge in [0.15, 0.2) is 12.0 Å². The van der Waals surface area contributed by atoms with Crippen molar-refractivity contribution in [2.75, 3.05) is 47.7 Å². The molecule has 4 heterocycles. The Hall–Kier alpha value is -5.83. The largest absolute Gasteiger partial charge is 0.487 e. The first-order valence-electron chi connectivity index (χ1n) is 24.8. The molecule has 0 unspecified atom stereocenters. The minimum atomic E-state index is -3.02. The van der Waals surface area contributed by atoms with Gasteiger partial charge in [0, 0.05) is 107 Å². The lowest BCUT2D eigenvalue weighted by Gasteiger charge is -2.12. The first kappa shape index (κ1) is 69.9. The normalized spacial score (nSPS) is 10.8. The van der Waals surface area contributed by atoms with Gasteiger partial charge in [0.25, 0.3) is 0 Å². The number of aldehydes is 1. The molecule has 0 amide bonds. The zero-order valence-electron chi connectivity index (χ0n) is 45.0. The molecule has 0 bridgehead atoms. The second kappa shape index (κ2) is 33.9. The summed E-state index contributed by atoms with van der Waals surface area (Å²) in [7, 11) is -5.82. The fourth-order valence-electron chi connectivity index (χ4n) is 7.71. The van der Waals surface area contributed by atoms with Crippen LogP contribution in [0.2, 0.25) is 10.0 Å². The van der Waals surface area contributed by atoms with E-state index in [4.69, 9.17) is 47.2 Å². The number of carbonyl (C=O) groups excluding carboxylic acids is 1. The van der Waals surface area contributed by atoms with Gasteiger partial charge in [-0.05, 0) is 109 Å². The van der Waals surface area contributed by atoms with Crippen LogP contribution in [0.3, 0.4) is 0 Å². The molecule has 448 valence electrons. The number of hydrogen-bond donors (Lipinski definition) is 4. The summed E-state index contributed by atoms with van der Waals surface area (Å²) < 4.78 is 93.5. The van der Waals surface area contributed by atoms with Gasteiger partial charge in [0.05, 0.1) is 39.1 Å². The van der Waals surface area contributed by atoms with Crippen LogP contribution in [0.25, 0.3) is 44.5 Å². The van der Waals surface area contributed by atoms with Crippen LogP contribution in [-0.2, 0) is 39.4 Å². The molecule has 5 N–H and O–H groups in total. The number of nitrogens with two attached hydrogens (primary N) is 1. The molecule has 27 heteroatoms. The summed E-state index contributed by atoms with van der Waals surface area (Å²) in [5.41, 5.74) is 10.3. The number of fused-ring (bicyclic) bond motifs is 2. The van der Waals surface area contributed by atoms with E-state index in [2.05, 4.69) is 73.1 Å². The fourth-order valence-corrected chi connectivity index (χ4v) is 9.12. The molecule has 0 fully saturated rings. The van der Waals surface area contributed by atoms with Gasteiger partial charge in [-0.2, -0.15) is 0 Å². The molecule has 85 heavy (non-hydrogen) atoms. The molecule has 0 saturated carbocycles. The minimum absolute atomic E-state index is 0. The summed E-state index contributed by atoms with van der Waals surface area (Å²) >= 11 is 17.1. The summed E-state index contributed by atoms with van der Waals surface area (Å²) in [6.45, 7) is 1.11. The molecule has 4 aromatic heterocycles. The van der Waals surface area contributed by atoms with Crippen molar-refractivity contribution in [3.8, 4) is 34.1 Å². The highest BCUT2D eigenvalue weighted by Crippen LogP contribution is 2.35. The summed E-state index contributed by atoms with van der Waals surface area (Å²) in [6, 6.07) is 41.7. The van der Waals surface area contributed by atoms with Gasteiger partial charge < -0.3 is 40.0 Å². The minimum Gasteiger partial charge on any atom is -0.487 e. The smallest absolute Gasteiger partial charge is 0.185 e. The highest BCUT2D eigenvalue weighted by molar-refractivity contribution is 15.0. The van der Waals surface area contributed by atoms with Crippen molar-refractivity contribution in [3.05, 3.63) is 203 Å². The Labute approximate surface area is 546 Å².